The van der Waals surface area contributed by atoms with Crippen molar-refractivity contribution in [2.75, 3.05) is 30.3 Å². The molecule has 4 nitrogen and oxygen atoms in total. The number of benzene rings is 1. The molecule has 1 aromatic carbocycles. The van der Waals surface area contributed by atoms with Gasteiger partial charge in [-0.2, -0.15) is 0 Å². The zero-order valence-electron chi connectivity index (χ0n) is 11.7. The van der Waals surface area contributed by atoms with E-state index in [9.17, 15) is 4.79 Å². The highest BCUT2D eigenvalue weighted by molar-refractivity contribution is 5.96. The Morgan fingerprint density at radius 1 is 1.42 bits per heavy atom. The maximum atomic E-state index is 11.8. The van der Waals surface area contributed by atoms with E-state index in [0.29, 0.717) is 17.9 Å². The third-order valence-electron chi connectivity index (χ3n) is 3.45. The number of hydrogen-bond donors (Lipinski definition) is 1. The van der Waals surface area contributed by atoms with Crippen LogP contribution in [0.3, 0.4) is 0 Å². The number of hydrogen-bond acceptors (Lipinski definition) is 4. The lowest BCUT2D eigenvalue weighted by Gasteiger charge is -2.23. The molecule has 2 rings (SSSR count). The SMILES string of the molecule is CCOC(=O)c1cc(N(CC)CC2CC2)ccc1N. The first-order chi connectivity index (χ1) is 9.15. The van der Waals surface area contributed by atoms with E-state index in [1.165, 1.54) is 12.8 Å². The van der Waals surface area contributed by atoms with Gasteiger partial charge in [-0.1, -0.05) is 0 Å². The molecule has 0 radical (unpaired) electrons. The summed E-state index contributed by atoms with van der Waals surface area (Å²) in [6, 6.07) is 5.61. The van der Waals surface area contributed by atoms with Crippen molar-refractivity contribution in [1.29, 1.82) is 0 Å². The third kappa shape index (κ3) is 3.40. The number of esters is 1. The standard InChI is InChI=1S/C15H22N2O2/c1-3-17(10-11-5-6-11)12-7-8-14(16)13(9-12)15(18)19-4-2/h7-9,11H,3-6,10,16H2,1-2H3. The zero-order chi connectivity index (χ0) is 13.8. The fourth-order valence-electron chi connectivity index (χ4n) is 2.16. The quantitative estimate of drug-likeness (QED) is 0.632. The van der Waals surface area contributed by atoms with E-state index in [1.807, 2.05) is 12.1 Å². The van der Waals surface area contributed by atoms with Crippen LogP contribution in [0.2, 0.25) is 0 Å². The lowest BCUT2D eigenvalue weighted by molar-refractivity contribution is 0.0527. The average Bonchev–Trinajstić information content (AvgIpc) is 3.21. The summed E-state index contributed by atoms with van der Waals surface area (Å²) in [7, 11) is 0. The van der Waals surface area contributed by atoms with Gasteiger partial charge in [0.25, 0.3) is 0 Å². The van der Waals surface area contributed by atoms with Crippen molar-refractivity contribution in [3.8, 4) is 0 Å². The predicted molar refractivity (Wildman–Crippen MR) is 77.4 cm³/mol. The molecule has 0 unspecified atom stereocenters. The molecule has 0 atom stereocenters. The van der Waals surface area contributed by atoms with Crippen molar-refractivity contribution in [3.63, 3.8) is 0 Å². The van der Waals surface area contributed by atoms with E-state index < -0.39 is 0 Å². The topological polar surface area (TPSA) is 55.6 Å². The number of rotatable bonds is 6. The minimum atomic E-state index is -0.343. The van der Waals surface area contributed by atoms with Gasteiger partial charge in [-0.15, -0.1) is 0 Å². The van der Waals surface area contributed by atoms with Crippen molar-refractivity contribution < 1.29 is 9.53 Å². The third-order valence-corrected chi connectivity index (χ3v) is 3.45. The average molecular weight is 262 g/mol. The summed E-state index contributed by atoms with van der Waals surface area (Å²) in [4.78, 5) is 14.1. The van der Waals surface area contributed by atoms with E-state index in [1.54, 1.807) is 13.0 Å². The number of anilines is 2. The molecule has 4 heteroatoms. The molecule has 19 heavy (non-hydrogen) atoms. The lowest BCUT2D eigenvalue weighted by atomic mass is 10.1. The Hall–Kier alpha value is -1.71. The Labute approximate surface area is 114 Å². The van der Waals surface area contributed by atoms with Crippen molar-refractivity contribution in [2.24, 2.45) is 5.92 Å². The Balaban J connectivity index is 2.20. The molecular formula is C15H22N2O2. The molecule has 1 fully saturated rings. The minimum absolute atomic E-state index is 0.343. The molecule has 0 saturated heterocycles. The van der Waals surface area contributed by atoms with E-state index in [4.69, 9.17) is 10.5 Å². The van der Waals surface area contributed by atoms with E-state index in [0.717, 1.165) is 24.7 Å². The highest BCUT2D eigenvalue weighted by Gasteiger charge is 2.24. The molecular weight excluding hydrogens is 240 g/mol. The van der Waals surface area contributed by atoms with Gasteiger partial charge in [-0.25, -0.2) is 4.79 Å². The van der Waals surface area contributed by atoms with Gasteiger partial charge in [0.1, 0.15) is 0 Å². The lowest BCUT2D eigenvalue weighted by Crippen LogP contribution is -2.25. The largest absolute Gasteiger partial charge is 0.462 e. The summed E-state index contributed by atoms with van der Waals surface area (Å²) in [6.07, 6.45) is 2.63. The van der Waals surface area contributed by atoms with Crippen molar-refractivity contribution in [1.82, 2.24) is 0 Å². The molecule has 1 aliphatic carbocycles. The minimum Gasteiger partial charge on any atom is -0.462 e. The molecule has 0 amide bonds. The summed E-state index contributed by atoms with van der Waals surface area (Å²) in [6.45, 7) is 6.28. The van der Waals surface area contributed by atoms with Gasteiger partial charge in [0, 0.05) is 24.5 Å². The monoisotopic (exact) mass is 262 g/mol. The highest BCUT2D eigenvalue weighted by Crippen LogP contribution is 2.32. The van der Waals surface area contributed by atoms with Gasteiger partial charge in [0.05, 0.1) is 12.2 Å². The highest BCUT2D eigenvalue weighted by atomic mass is 16.5. The van der Waals surface area contributed by atoms with E-state index in [2.05, 4.69) is 11.8 Å². The van der Waals surface area contributed by atoms with Crippen LogP contribution in [-0.4, -0.2) is 25.7 Å². The van der Waals surface area contributed by atoms with Crippen LogP contribution in [0.5, 0.6) is 0 Å². The summed E-state index contributed by atoms with van der Waals surface area (Å²) >= 11 is 0. The Kier molecular flexibility index (Phi) is 4.30. The van der Waals surface area contributed by atoms with Crippen LogP contribution in [0.1, 0.15) is 37.0 Å². The zero-order valence-corrected chi connectivity index (χ0v) is 11.7. The summed E-state index contributed by atoms with van der Waals surface area (Å²) in [5, 5.41) is 0. The molecule has 1 aliphatic rings. The van der Waals surface area contributed by atoms with Crippen molar-refractivity contribution >= 4 is 17.3 Å². The number of nitrogens with two attached hydrogens (primary N) is 1. The van der Waals surface area contributed by atoms with Gasteiger partial charge in [0.15, 0.2) is 0 Å². The Bertz CT molecular complexity index is 455. The molecule has 0 aliphatic heterocycles. The Morgan fingerprint density at radius 3 is 2.74 bits per heavy atom. The molecule has 1 saturated carbocycles. The first-order valence-electron chi connectivity index (χ1n) is 6.97. The van der Waals surface area contributed by atoms with Crippen LogP contribution in [0, 0.1) is 5.92 Å². The second kappa shape index (κ2) is 5.95. The van der Waals surface area contributed by atoms with E-state index >= 15 is 0 Å². The smallest absolute Gasteiger partial charge is 0.340 e. The first kappa shape index (κ1) is 13.7. The molecule has 0 bridgehead atoms. The summed E-state index contributed by atoms with van der Waals surface area (Å²) in [5.74, 6) is 0.466. The summed E-state index contributed by atoms with van der Waals surface area (Å²) in [5.41, 5.74) is 7.85. The number of nitrogen functional groups attached to an aromatic ring is 1. The van der Waals surface area contributed by atoms with Crippen LogP contribution < -0.4 is 10.6 Å². The molecule has 0 spiro atoms. The maximum absolute atomic E-state index is 11.8. The van der Waals surface area contributed by atoms with Crippen LogP contribution in [0.25, 0.3) is 0 Å². The van der Waals surface area contributed by atoms with Crippen molar-refractivity contribution in [3.05, 3.63) is 23.8 Å². The van der Waals surface area contributed by atoms with Gasteiger partial charge < -0.3 is 15.4 Å². The normalized spacial score (nSPS) is 14.2. The Morgan fingerprint density at radius 2 is 2.16 bits per heavy atom. The van der Waals surface area contributed by atoms with Gasteiger partial charge in [-0.3, -0.25) is 0 Å². The van der Waals surface area contributed by atoms with Crippen LogP contribution in [-0.2, 0) is 4.74 Å². The fourth-order valence-corrected chi connectivity index (χ4v) is 2.16. The molecule has 104 valence electrons. The maximum Gasteiger partial charge on any atom is 0.340 e. The number of carbonyl (C=O) groups excluding carboxylic acids is 1. The second-order valence-corrected chi connectivity index (χ2v) is 4.97. The van der Waals surface area contributed by atoms with Crippen LogP contribution in [0.4, 0.5) is 11.4 Å². The van der Waals surface area contributed by atoms with Crippen LogP contribution in [0.15, 0.2) is 18.2 Å². The molecule has 0 aromatic heterocycles. The predicted octanol–water partition coefficient (Wildman–Crippen LogP) is 2.68. The number of nitrogens with zero attached hydrogens (tertiary/aromatic N) is 1. The van der Waals surface area contributed by atoms with Gasteiger partial charge in [0.2, 0.25) is 0 Å². The second-order valence-electron chi connectivity index (χ2n) is 4.97. The van der Waals surface area contributed by atoms with Gasteiger partial charge >= 0.3 is 5.97 Å². The number of ether oxygens (including phenoxy) is 1. The summed E-state index contributed by atoms with van der Waals surface area (Å²) < 4.78 is 5.03. The number of carbonyl (C=O) groups is 1. The molecule has 1 aromatic rings. The van der Waals surface area contributed by atoms with Crippen LogP contribution >= 0.6 is 0 Å². The van der Waals surface area contributed by atoms with Crippen molar-refractivity contribution in [2.45, 2.75) is 26.7 Å². The van der Waals surface area contributed by atoms with E-state index in [-0.39, 0.29) is 5.97 Å². The first-order valence-corrected chi connectivity index (χ1v) is 6.97. The van der Waals surface area contributed by atoms with Gasteiger partial charge in [-0.05, 0) is 50.8 Å². The fraction of sp³-hybridized carbons (Fsp3) is 0.533. The molecule has 0 heterocycles. The molecule has 2 N–H and O–H groups in total.